The van der Waals surface area contributed by atoms with Crippen LogP contribution in [-0.2, 0) is 13.1 Å². The number of terminal acetylenes is 1. The van der Waals surface area contributed by atoms with Gasteiger partial charge in [0.2, 0.25) is 0 Å². The molecule has 0 unspecified atom stereocenters. The summed E-state index contributed by atoms with van der Waals surface area (Å²) < 4.78 is 4.52. The van der Waals surface area contributed by atoms with Crippen LogP contribution in [0.3, 0.4) is 0 Å². The molecule has 96 valence electrons. The Morgan fingerprint density at radius 3 is 3.00 bits per heavy atom. The molecule has 0 saturated heterocycles. The summed E-state index contributed by atoms with van der Waals surface area (Å²) in [6.45, 7) is 5.07. The smallest absolute Gasteiger partial charge is 0.292 e. The molecule has 3 heterocycles. The van der Waals surface area contributed by atoms with Gasteiger partial charge >= 0.3 is 0 Å². The molecule has 0 spiro atoms. The van der Waals surface area contributed by atoms with Crippen molar-refractivity contribution >= 4 is 32.5 Å². The van der Waals surface area contributed by atoms with E-state index in [1.165, 1.54) is 9.56 Å². The molecule has 0 radical (unpaired) electrons. The fraction of sp³-hybridized carbons (Fsp3) is 0.286. The number of fused-ring (bicyclic) bond motifs is 3. The predicted octanol–water partition coefficient (Wildman–Crippen LogP) is 2.37. The first kappa shape index (κ1) is 12.0. The molecule has 0 aliphatic heterocycles. The Morgan fingerprint density at radius 1 is 1.53 bits per heavy atom. The number of hydrogen-bond acceptors (Lipinski definition) is 3. The lowest BCUT2D eigenvalue weighted by molar-refractivity contribution is 0.665. The van der Waals surface area contributed by atoms with Crippen LogP contribution in [0.2, 0.25) is 0 Å². The number of hydrogen-bond donors (Lipinski definition) is 0. The van der Waals surface area contributed by atoms with E-state index in [0.717, 1.165) is 22.1 Å². The van der Waals surface area contributed by atoms with Crippen LogP contribution in [0.1, 0.15) is 11.8 Å². The van der Waals surface area contributed by atoms with E-state index in [1.807, 2.05) is 11.5 Å². The zero-order chi connectivity index (χ0) is 13.6. The normalized spacial score (nSPS) is 11.2. The summed E-state index contributed by atoms with van der Waals surface area (Å²) in [5.41, 5.74) is 1.70. The van der Waals surface area contributed by atoms with Crippen LogP contribution in [0.25, 0.3) is 21.1 Å². The molecule has 0 fully saturated rings. The van der Waals surface area contributed by atoms with Gasteiger partial charge in [-0.15, -0.1) is 17.8 Å². The molecule has 3 aromatic rings. The summed E-state index contributed by atoms with van der Waals surface area (Å²) in [6, 6.07) is 2.12. The van der Waals surface area contributed by atoms with Gasteiger partial charge in [0.05, 0.1) is 16.4 Å². The maximum absolute atomic E-state index is 12.4. The van der Waals surface area contributed by atoms with E-state index in [0.29, 0.717) is 5.52 Å². The van der Waals surface area contributed by atoms with Gasteiger partial charge in [-0.05, 0) is 19.9 Å². The van der Waals surface area contributed by atoms with Crippen molar-refractivity contribution in [3.8, 4) is 12.3 Å². The number of aromatic nitrogens is 3. The second-order valence-corrected chi connectivity index (χ2v) is 5.65. The van der Waals surface area contributed by atoms with Crippen LogP contribution < -0.4 is 5.56 Å². The standard InChI is InChI=1S/C14H13N3OS/c1-4-6-17-14(18)12-10(8-15-17)13-11(16(12)5-2)7-9(3)19-13/h1,7-8H,5-6H2,2-3H3. The zero-order valence-electron chi connectivity index (χ0n) is 10.8. The molecule has 0 atom stereocenters. The third-order valence-corrected chi connectivity index (χ3v) is 4.29. The van der Waals surface area contributed by atoms with E-state index in [-0.39, 0.29) is 12.1 Å². The molecule has 3 rings (SSSR count). The molecule has 3 aromatic heterocycles. The van der Waals surface area contributed by atoms with Crippen LogP contribution in [0.5, 0.6) is 0 Å². The van der Waals surface area contributed by atoms with Crippen molar-refractivity contribution in [2.75, 3.05) is 0 Å². The lowest BCUT2D eigenvalue weighted by Crippen LogP contribution is -2.23. The van der Waals surface area contributed by atoms with E-state index in [4.69, 9.17) is 6.42 Å². The molecule has 0 aliphatic rings. The Bertz CT molecular complexity index is 876. The Labute approximate surface area is 114 Å². The number of rotatable bonds is 2. The van der Waals surface area contributed by atoms with Gasteiger partial charge in [0, 0.05) is 16.8 Å². The summed E-state index contributed by atoms with van der Waals surface area (Å²) in [6.07, 6.45) is 7.01. The number of thiophene rings is 1. The van der Waals surface area contributed by atoms with Gasteiger partial charge in [-0.25, -0.2) is 4.68 Å². The van der Waals surface area contributed by atoms with Gasteiger partial charge in [-0.2, -0.15) is 5.10 Å². The van der Waals surface area contributed by atoms with E-state index in [9.17, 15) is 4.79 Å². The summed E-state index contributed by atoms with van der Waals surface area (Å²) in [5.74, 6) is 2.46. The quantitative estimate of drug-likeness (QED) is 0.671. The Morgan fingerprint density at radius 2 is 2.32 bits per heavy atom. The van der Waals surface area contributed by atoms with Gasteiger partial charge in [-0.3, -0.25) is 4.79 Å². The van der Waals surface area contributed by atoms with Crippen molar-refractivity contribution in [1.82, 2.24) is 14.3 Å². The highest BCUT2D eigenvalue weighted by atomic mass is 32.1. The third-order valence-electron chi connectivity index (χ3n) is 3.22. The molecule has 4 nitrogen and oxygen atoms in total. The molecular formula is C14H13N3OS. The topological polar surface area (TPSA) is 39.8 Å². The fourth-order valence-electron chi connectivity index (χ4n) is 2.45. The van der Waals surface area contributed by atoms with E-state index in [2.05, 4.69) is 24.0 Å². The first-order valence-electron chi connectivity index (χ1n) is 6.09. The van der Waals surface area contributed by atoms with Gasteiger partial charge < -0.3 is 4.57 Å². The highest BCUT2D eigenvalue weighted by Crippen LogP contribution is 2.33. The average molecular weight is 271 g/mol. The summed E-state index contributed by atoms with van der Waals surface area (Å²) in [4.78, 5) is 13.7. The minimum Gasteiger partial charge on any atom is -0.335 e. The highest BCUT2D eigenvalue weighted by Gasteiger charge is 2.16. The van der Waals surface area contributed by atoms with Crippen LogP contribution in [0, 0.1) is 19.3 Å². The molecular weight excluding hydrogens is 258 g/mol. The van der Waals surface area contributed by atoms with Crippen LogP contribution in [-0.4, -0.2) is 14.3 Å². The molecule has 0 N–H and O–H groups in total. The SMILES string of the molecule is C#CCn1ncc2c3sc(C)cc3n(CC)c2c1=O. The summed E-state index contributed by atoms with van der Waals surface area (Å²) in [5, 5.41) is 5.08. The second-order valence-electron chi connectivity index (χ2n) is 4.39. The summed E-state index contributed by atoms with van der Waals surface area (Å²) >= 11 is 1.70. The molecule has 0 saturated carbocycles. The monoisotopic (exact) mass is 271 g/mol. The molecule has 0 aliphatic carbocycles. The maximum Gasteiger partial charge on any atom is 0.292 e. The van der Waals surface area contributed by atoms with Gasteiger partial charge in [-0.1, -0.05) is 5.92 Å². The highest BCUT2D eigenvalue weighted by molar-refractivity contribution is 7.20. The van der Waals surface area contributed by atoms with E-state index >= 15 is 0 Å². The Hall–Kier alpha value is -2.06. The number of aryl methyl sites for hydroxylation is 2. The van der Waals surface area contributed by atoms with Crippen molar-refractivity contribution in [2.24, 2.45) is 0 Å². The Balaban J connectivity index is 2.50. The summed E-state index contributed by atoms with van der Waals surface area (Å²) in [7, 11) is 0. The molecule has 0 aromatic carbocycles. The minimum atomic E-state index is -0.113. The van der Waals surface area contributed by atoms with Crippen molar-refractivity contribution < 1.29 is 0 Å². The van der Waals surface area contributed by atoms with Crippen molar-refractivity contribution in [3.63, 3.8) is 0 Å². The van der Waals surface area contributed by atoms with Crippen LogP contribution >= 0.6 is 11.3 Å². The van der Waals surface area contributed by atoms with Crippen LogP contribution in [0.15, 0.2) is 17.1 Å². The average Bonchev–Trinajstić information content (AvgIpc) is 2.88. The lowest BCUT2D eigenvalue weighted by atomic mass is 10.3. The van der Waals surface area contributed by atoms with E-state index in [1.54, 1.807) is 17.5 Å². The largest absolute Gasteiger partial charge is 0.335 e. The molecule has 19 heavy (non-hydrogen) atoms. The zero-order valence-corrected chi connectivity index (χ0v) is 11.6. The number of nitrogens with zero attached hydrogens (tertiary/aromatic N) is 3. The lowest BCUT2D eigenvalue weighted by Gasteiger charge is -2.03. The molecule has 0 amide bonds. The van der Waals surface area contributed by atoms with Crippen molar-refractivity contribution in [3.05, 3.63) is 27.5 Å². The maximum atomic E-state index is 12.4. The molecule has 0 bridgehead atoms. The van der Waals surface area contributed by atoms with E-state index < -0.39 is 0 Å². The Kier molecular flexibility index (Phi) is 2.68. The van der Waals surface area contributed by atoms with Crippen molar-refractivity contribution in [1.29, 1.82) is 0 Å². The van der Waals surface area contributed by atoms with Crippen LogP contribution in [0.4, 0.5) is 0 Å². The molecule has 5 heteroatoms. The van der Waals surface area contributed by atoms with Crippen molar-refractivity contribution in [2.45, 2.75) is 26.9 Å². The predicted molar refractivity (Wildman–Crippen MR) is 78.6 cm³/mol. The third kappa shape index (κ3) is 1.60. The minimum absolute atomic E-state index is 0.113. The first-order chi connectivity index (χ1) is 9.17. The fourth-order valence-corrected chi connectivity index (χ4v) is 3.47. The second kappa shape index (κ2) is 4.25. The van der Waals surface area contributed by atoms with Gasteiger partial charge in [0.1, 0.15) is 12.1 Å². The van der Waals surface area contributed by atoms with Gasteiger partial charge in [0.25, 0.3) is 5.56 Å². The van der Waals surface area contributed by atoms with Gasteiger partial charge in [0.15, 0.2) is 0 Å². The first-order valence-corrected chi connectivity index (χ1v) is 6.91.